The van der Waals surface area contributed by atoms with Gasteiger partial charge in [0.15, 0.2) is 9.84 Å². The average Bonchev–Trinajstić information content (AvgIpc) is 2.77. The van der Waals surface area contributed by atoms with Gasteiger partial charge in [-0.3, -0.25) is 0 Å². The van der Waals surface area contributed by atoms with Gasteiger partial charge in [-0.05, 0) is 12.8 Å². The van der Waals surface area contributed by atoms with Crippen molar-refractivity contribution >= 4 is 27.1 Å². The molecule has 2 rings (SSSR count). The van der Waals surface area contributed by atoms with E-state index >= 15 is 0 Å². The molecular formula is C8H9NO4S2. The molecule has 0 aromatic carbocycles. The molecule has 1 fully saturated rings. The summed E-state index contributed by atoms with van der Waals surface area (Å²) in [6, 6.07) is 0. The molecule has 82 valence electrons. The van der Waals surface area contributed by atoms with Crippen LogP contribution < -0.4 is 0 Å². The highest BCUT2D eigenvalue weighted by molar-refractivity contribution is 7.92. The Morgan fingerprint density at radius 3 is 2.53 bits per heavy atom. The Labute approximate surface area is 90.7 Å². The van der Waals surface area contributed by atoms with Crippen molar-refractivity contribution in [2.75, 3.05) is 6.26 Å². The van der Waals surface area contributed by atoms with Gasteiger partial charge in [0.2, 0.25) is 0 Å². The molecule has 7 heteroatoms. The van der Waals surface area contributed by atoms with Crippen LogP contribution in [-0.2, 0) is 14.6 Å². The standard InChI is InChI=1S/C8H9NO4S2/c1-15(12,13)8(2-3-8)7-9-4-5(14-7)6(10)11/h4H,2-3H2,1H3,(H,10,11). The maximum Gasteiger partial charge on any atom is 0.347 e. The SMILES string of the molecule is CS(=O)(=O)C1(c2ncc(C(=O)O)s2)CC1. The number of aromatic nitrogens is 1. The van der Waals surface area contributed by atoms with Crippen LogP contribution in [0.4, 0.5) is 0 Å². The van der Waals surface area contributed by atoms with Crippen LogP contribution in [0, 0.1) is 0 Å². The van der Waals surface area contributed by atoms with E-state index < -0.39 is 20.6 Å². The molecule has 0 radical (unpaired) electrons. The number of carbonyl (C=O) groups is 1. The highest BCUT2D eigenvalue weighted by Gasteiger charge is 2.56. The zero-order chi connectivity index (χ0) is 11.3. The van der Waals surface area contributed by atoms with Crippen LogP contribution in [0.2, 0.25) is 0 Å². The van der Waals surface area contributed by atoms with Crippen LogP contribution in [0.5, 0.6) is 0 Å². The summed E-state index contributed by atoms with van der Waals surface area (Å²) in [6.45, 7) is 0. The first-order valence-electron chi connectivity index (χ1n) is 4.26. The molecule has 0 atom stereocenters. The maximum atomic E-state index is 11.5. The van der Waals surface area contributed by atoms with E-state index in [1.807, 2.05) is 0 Å². The smallest absolute Gasteiger partial charge is 0.347 e. The summed E-state index contributed by atoms with van der Waals surface area (Å²) in [5, 5.41) is 9.11. The van der Waals surface area contributed by atoms with Crippen molar-refractivity contribution in [3.05, 3.63) is 16.1 Å². The third kappa shape index (κ3) is 1.55. The van der Waals surface area contributed by atoms with Gasteiger partial charge in [-0.15, -0.1) is 11.3 Å². The van der Waals surface area contributed by atoms with Gasteiger partial charge in [0.1, 0.15) is 14.6 Å². The molecule has 5 nitrogen and oxygen atoms in total. The van der Waals surface area contributed by atoms with Gasteiger partial charge < -0.3 is 5.11 Å². The zero-order valence-corrected chi connectivity index (χ0v) is 9.56. The van der Waals surface area contributed by atoms with E-state index in [1.54, 1.807) is 0 Å². The number of hydrogen-bond acceptors (Lipinski definition) is 5. The van der Waals surface area contributed by atoms with Crippen molar-refractivity contribution in [3.8, 4) is 0 Å². The summed E-state index contributed by atoms with van der Waals surface area (Å²) in [6.07, 6.45) is 3.46. The summed E-state index contributed by atoms with van der Waals surface area (Å²) < 4.78 is 22.1. The molecular weight excluding hydrogens is 238 g/mol. The Hall–Kier alpha value is -0.950. The molecule has 0 saturated heterocycles. The molecule has 1 saturated carbocycles. The monoisotopic (exact) mass is 247 g/mol. The maximum absolute atomic E-state index is 11.5. The number of nitrogens with zero attached hydrogens (tertiary/aromatic N) is 1. The first-order valence-corrected chi connectivity index (χ1v) is 6.97. The lowest BCUT2D eigenvalue weighted by atomic mass is 10.4. The Kier molecular flexibility index (Phi) is 2.13. The molecule has 0 aliphatic heterocycles. The zero-order valence-electron chi connectivity index (χ0n) is 7.93. The number of rotatable bonds is 3. The second kappa shape index (κ2) is 3.02. The Morgan fingerprint density at radius 2 is 2.20 bits per heavy atom. The lowest BCUT2D eigenvalue weighted by molar-refractivity contribution is 0.0702. The van der Waals surface area contributed by atoms with E-state index in [0.717, 1.165) is 11.3 Å². The van der Waals surface area contributed by atoms with Crippen molar-refractivity contribution in [1.29, 1.82) is 0 Å². The predicted molar refractivity (Wildman–Crippen MR) is 54.8 cm³/mol. The number of aromatic carboxylic acids is 1. The second-order valence-electron chi connectivity index (χ2n) is 3.60. The van der Waals surface area contributed by atoms with Crippen LogP contribution in [0.25, 0.3) is 0 Å². The largest absolute Gasteiger partial charge is 0.477 e. The quantitative estimate of drug-likeness (QED) is 0.856. The van der Waals surface area contributed by atoms with Gasteiger partial charge in [-0.25, -0.2) is 18.2 Å². The second-order valence-corrected chi connectivity index (χ2v) is 6.96. The molecule has 1 aromatic rings. The molecule has 1 aliphatic carbocycles. The van der Waals surface area contributed by atoms with Crippen molar-refractivity contribution in [2.45, 2.75) is 17.6 Å². The predicted octanol–water partition coefficient (Wildman–Crippen LogP) is 0.875. The number of sulfone groups is 1. The van der Waals surface area contributed by atoms with Crippen molar-refractivity contribution < 1.29 is 18.3 Å². The van der Waals surface area contributed by atoms with Gasteiger partial charge in [-0.2, -0.15) is 0 Å². The van der Waals surface area contributed by atoms with Crippen molar-refractivity contribution in [2.24, 2.45) is 0 Å². The van der Waals surface area contributed by atoms with Gasteiger partial charge in [0.25, 0.3) is 0 Å². The summed E-state index contributed by atoms with van der Waals surface area (Å²) in [5.74, 6) is -1.07. The van der Waals surface area contributed by atoms with Crippen molar-refractivity contribution in [3.63, 3.8) is 0 Å². The fourth-order valence-electron chi connectivity index (χ4n) is 1.44. The van der Waals surface area contributed by atoms with Gasteiger partial charge in [-0.1, -0.05) is 0 Å². The lowest BCUT2D eigenvalue weighted by Crippen LogP contribution is -2.18. The highest BCUT2D eigenvalue weighted by atomic mass is 32.2. The molecule has 15 heavy (non-hydrogen) atoms. The summed E-state index contributed by atoms with van der Waals surface area (Å²) in [5.41, 5.74) is 0. The van der Waals surface area contributed by atoms with E-state index in [9.17, 15) is 13.2 Å². The third-order valence-corrected chi connectivity index (χ3v) is 5.86. The van der Waals surface area contributed by atoms with Crippen LogP contribution in [0.1, 0.15) is 27.5 Å². The molecule has 0 unspecified atom stereocenters. The number of hydrogen-bond donors (Lipinski definition) is 1. The molecule has 1 N–H and O–H groups in total. The minimum absolute atomic E-state index is 0.0833. The fraction of sp³-hybridized carbons (Fsp3) is 0.500. The lowest BCUT2D eigenvalue weighted by Gasteiger charge is -2.07. The minimum atomic E-state index is -3.20. The average molecular weight is 247 g/mol. The van der Waals surface area contributed by atoms with Crippen LogP contribution in [0.15, 0.2) is 6.20 Å². The van der Waals surface area contributed by atoms with Crippen LogP contribution >= 0.6 is 11.3 Å². The van der Waals surface area contributed by atoms with Gasteiger partial charge in [0.05, 0.1) is 6.20 Å². The van der Waals surface area contributed by atoms with E-state index in [1.165, 1.54) is 12.5 Å². The highest BCUT2D eigenvalue weighted by Crippen LogP contribution is 2.53. The van der Waals surface area contributed by atoms with Gasteiger partial charge in [0, 0.05) is 6.26 Å². The normalized spacial score (nSPS) is 18.7. The van der Waals surface area contributed by atoms with Crippen LogP contribution in [0.3, 0.4) is 0 Å². The molecule has 1 aromatic heterocycles. The fourth-order valence-corrected chi connectivity index (χ4v) is 4.13. The Bertz CT molecular complexity index is 512. The topological polar surface area (TPSA) is 84.3 Å². The molecule has 0 bridgehead atoms. The Balaban J connectivity index is 2.43. The van der Waals surface area contributed by atoms with E-state index in [4.69, 9.17) is 5.11 Å². The van der Waals surface area contributed by atoms with Gasteiger partial charge >= 0.3 is 5.97 Å². The van der Waals surface area contributed by atoms with Crippen molar-refractivity contribution in [1.82, 2.24) is 4.98 Å². The Morgan fingerprint density at radius 1 is 1.60 bits per heavy atom. The summed E-state index contributed by atoms with van der Waals surface area (Å²) in [7, 11) is -3.20. The molecule has 1 aliphatic rings. The summed E-state index contributed by atoms with van der Waals surface area (Å²) >= 11 is 0.947. The molecule has 1 heterocycles. The minimum Gasteiger partial charge on any atom is -0.477 e. The number of carboxylic acid groups (broad SMARTS) is 1. The first kappa shape index (κ1) is 10.6. The van der Waals surface area contributed by atoms with Crippen LogP contribution in [-0.4, -0.2) is 30.7 Å². The molecule has 0 amide bonds. The van der Waals surface area contributed by atoms with E-state index in [2.05, 4.69) is 4.98 Å². The van der Waals surface area contributed by atoms with E-state index in [-0.39, 0.29) is 4.88 Å². The number of carboxylic acids is 1. The first-order chi connectivity index (χ1) is 6.87. The third-order valence-electron chi connectivity index (χ3n) is 2.52. The molecule has 0 spiro atoms. The van der Waals surface area contributed by atoms with E-state index in [0.29, 0.717) is 17.8 Å². The number of thiazole rings is 1. The summed E-state index contributed by atoms with van der Waals surface area (Å²) in [4.78, 5) is 14.6.